The highest BCUT2D eigenvalue weighted by Gasteiger charge is 2.36. The summed E-state index contributed by atoms with van der Waals surface area (Å²) in [6, 6.07) is 5.42. The molecule has 0 aromatic heterocycles. The predicted molar refractivity (Wildman–Crippen MR) is 83.0 cm³/mol. The zero-order chi connectivity index (χ0) is 15.7. The Bertz CT molecular complexity index is 596. The molecule has 1 aromatic rings. The lowest BCUT2D eigenvalue weighted by Gasteiger charge is -2.24. The highest BCUT2D eigenvalue weighted by atomic mass is 16.5. The molecular weight excluding hydrogens is 280 g/mol. The maximum Gasteiger partial charge on any atom is 0.254 e. The number of amides is 2. The Hall–Kier alpha value is -2.04. The topological polar surface area (TPSA) is 58.6 Å². The van der Waals surface area contributed by atoms with Crippen molar-refractivity contribution in [3.05, 3.63) is 29.3 Å². The number of methoxy groups -OCH3 is 1. The van der Waals surface area contributed by atoms with Gasteiger partial charge in [0.15, 0.2) is 0 Å². The van der Waals surface area contributed by atoms with Crippen LogP contribution in [0.5, 0.6) is 5.75 Å². The SMILES string of the molecule is COc1cc(C(=O)N2CCC[C@@H]2C(=O)NC2CC2)ccc1C. The fourth-order valence-electron chi connectivity index (χ4n) is 2.93. The van der Waals surface area contributed by atoms with Gasteiger partial charge in [0.25, 0.3) is 5.91 Å². The van der Waals surface area contributed by atoms with Gasteiger partial charge in [-0.1, -0.05) is 6.07 Å². The number of likely N-dealkylation sites (tertiary alicyclic amines) is 1. The third-order valence-electron chi connectivity index (χ3n) is 4.40. The molecule has 1 atom stereocenters. The van der Waals surface area contributed by atoms with Crippen molar-refractivity contribution >= 4 is 11.8 Å². The average Bonchev–Trinajstić information content (AvgIpc) is 3.19. The van der Waals surface area contributed by atoms with Crippen LogP contribution in [0.2, 0.25) is 0 Å². The lowest BCUT2D eigenvalue weighted by molar-refractivity contribution is -0.125. The molecule has 1 aliphatic heterocycles. The first kappa shape index (κ1) is 14.9. The molecule has 1 aliphatic carbocycles. The molecule has 118 valence electrons. The number of hydrogen-bond donors (Lipinski definition) is 1. The molecule has 2 aliphatic rings. The molecule has 1 saturated heterocycles. The second-order valence-electron chi connectivity index (χ2n) is 6.12. The van der Waals surface area contributed by atoms with Crippen molar-refractivity contribution in [3.8, 4) is 5.75 Å². The number of carbonyl (C=O) groups is 2. The van der Waals surface area contributed by atoms with E-state index in [1.807, 2.05) is 13.0 Å². The number of nitrogens with zero attached hydrogens (tertiary/aromatic N) is 1. The van der Waals surface area contributed by atoms with Gasteiger partial charge in [-0.25, -0.2) is 0 Å². The number of benzene rings is 1. The van der Waals surface area contributed by atoms with E-state index in [1.165, 1.54) is 0 Å². The van der Waals surface area contributed by atoms with Gasteiger partial charge in [-0.15, -0.1) is 0 Å². The maximum absolute atomic E-state index is 12.7. The van der Waals surface area contributed by atoms with Crippen molar-refractivity contribution in [1.82, 2.24) is 10.2 Å². The molecule has 1 N–H and O–H groups in total. The van der Waals surface area contributed by atoms with Crippen molar-refractivity contribution < 1.29 is 14.3 Å². The van der Waals surface area contributed by atoms with E-state index in [2.05, 4.69) is 5.32 Å². The van der Waals surface area contributed by atoms with Gasteiger partial charge in [0, 0.05) is 18.2 Å². The Morgan fingerprint density at radius 2 is 2.05 bits per heavy atom. The number of carbonyl (C=O) groups excluding carboxylic acids is 2. The Labute approximate surface area is 130 Å². The first-order valence-electron chi connectivity index (χ1n) is 7.86. The summed E-state index contributed by atoms with van der Waals surface area (Å²) in [4.78, 5) is 26.7. The Kier molecular flexibility index (Phi) is 4.05. The molecule has 2 fully saturated rings. The van der Waals surface area contributed by atoms with E-state index in [9.17, 15) is 9.59 Å². The molecule has 0 bridgehead atoms. The molecule has 3 rings (SSSR count). The van der Waals surface area contributed by atoms with E-state index in [0.29, 0.717) is 23.9 Å². The second-order valence-corrected chi connectivity index (χ2v) is 6.12. The number of hydrogen-bond acceptors (Lipinski definition) is 3. The number of nitrogens with one attached hydrogen (secondary N) is 1. The van der Waals surface area contributed by atoms with Crippen LogP contribution in [0.15, 0.2) is 18.2 Å². The highest BCUT2D eigenvalue weighted by molar-refractivity contribution is 5.98. The average molecular weight is 302 g/mol. The van der Waals surface area contributed by atoms with E-state index >= 15 is 0 Å². The van der Waals surface area contributed by atoms with Gasteiger partial charge < -0.3 is 15.0 Å². The lowest BCUT2D eigenvalue weighted by atomic mass is 10.1. The van der Waals surface area contributed by atoms with Crippen LogP contribution in [-0.2, 0) is 4.79 Å². The zero-order valence-electron chi connectivity index (χ0n) is 13.1. The molecule has 22 heavy (non-hydrogen) atoms. The number of rotatable bonds is 4. The van der Waals surface area contributed by atoms with Crippen LogP contribution in [0.4, 0.5) is 0 Å². The van der Waals surface area contributed by atoms with Crippen LogP contribution in [0.3, 0.4) is 0 Å². The lowest BCUT2D eigenvalue weighted by Crippen LogP contribution is -2.46. The van der Waals surface area contributed by atoms with Crippen LogP contribution in [0.25, 0.3) is 0 Å². The minimum Gasteiger partial charge on any atom is -0.496 e. The minimum absolute atomic E-state index is 0.00701. The van der Waals surface area contributed by atoms with Gasteiger partial charge in [-0.3, -0.25) is 9.59 Å². The summed E-state index contributed by atoms with van der Waals surface area (Å²) < 4.78 is 5.28. The summed E-state index contributed by atoms with van der Waals surface area (Å²) in [5, 5.41) is 3.01. The fourth-order valence-corrected chi connectivity index (χ4v) is 2.93. The molecular formula is C17H22N2O3. The third kappa shape index (κ3) is 2.93. The van der Waals surface area contributed by atoms with Gasteiger partial charge >= 0.3 is 0 Å². The van der Waals surface area contributed by atoms with Crippen LogP contribution in [0.1, 0.15) is 41.6 Å². The van der Waals surface area contributed by atoms with E-state index in [1.54, 1.807) is 24.1 Å². The normalized spacial score (nSPS) is 20.8. The molecule has 0 unspecified atom stereocenters. The van der Waals surface area contributed by atoms with E-state index in [4.69, 9.17) is 4.74 Å². The summed E-state index contributed by atoms with van der Waals surface area (Å²) in [5.74, 6) is 0.600. The summed E-state index contributed by atoms with van der Waals surface area (Å²) in [6.45, 7) is 2.58. The van der Waals surface area contributed by atoms with E-state index < -0.39 is 0 Å². The maximum atomic E-state index is 12.7. The van der Waals surface area contributed by atoms with Gasteiger partial charge in [0.05, 0.1) is 7.11 Å². The van der Waals surface area contributed by atoms with E-state index in [-0.39, 0.29) is 17.9 Å². The fraction of sp³-hybridized carbons (Fsp3) is 0.529. The third-order valence-corrected chi connectivity index (χ3v) is 4.40. The zero-order valence-corrected chi connectivity index (χ0v) is 13.1. The molecule has 1 heterocycles. The summed E-state index contributed by atoms with van der Waals surface area (Å²) in [7, 11) is 1.60. The first-order valence-corrected chi connectivity index (χ1v) is 7.86. The highest BCUT2D eigenvalue weighted by Crippen LogP contribution is 2.25. The second kappa shape index (κ2) is 5.99. The van der Waals surface area contributed by atoms with Crippen molar-refractivity contribution in [2.24, 2.45) is 0 Å². The molecule has 0 spiro atoms. The number of ether oxygens (including phenoxy) is 1. The van der Waals surface area contributed by atoms with Crippen molar-refractivity contribution in [3.63, 3.8) is 0 Å². The quantitative estimate of drug-likeness (QED) is 0.924. The predicted octanol–water partition coefficient (Wildman–Crippen LogP) is 1.89. The van der Waals surface area contributed by atoms with Gasteiger partial charge in [-0.2, -0.15) is 0 Å². The van der Waals surface area contributed by atoms with Crippen LogP contribution in [0, 0.1) is 6.92 Å². The smallest absolute Gasteiger partial charge is 0.254 e. The molecule has 2 amide bonds. The van der Waals surface area contributed by atoms with Crippen LogP contribution < -0.4 is 10.1 Å². The van der Waals surface area contributed by atoms with Gasteiger partial charge in [-0.05, 0) is 50.3 Å². The van der Waals surface area contributed by atoms with Crippen molar-refractivity contribution in [2.45, 2.75) is 44.7 Å². The number of aryl methyl sites for hydroxylation is 1. The molecule has 5 nitrogen and oxygen atoms in total. The van der Waals surface area contributed by atoms with E-state index in [0.717, 1.165) is 31.2 Å². The molecule has 0 radical (unpaired) electrons. The molecule has 5 heteroatoms. The Morgan fingerprint density at radius 1 is 1.27 bits per heavy atom. The minimum atomic E-state index is -0.333. The van der Waals surface area contributed by atoms with Gasteiger partial charge in [0.2, 0.25) is 5.91 Å². The van der Waals surface area contributed by atoms with Gasteiger partial charge in [0.1, 0.15) is 11.8 Å². The Balaban J connectivity index is 1.76. The van der Waals surface area contributed by atoms with Crippen molar-refractivity contribution in [1.29, 1.82) is 0 Å². The summed E-state index contributed by atoms with van der Waals surface area (Å²) >= 11 is 0. The van der Waals surface area contributed by atoms with Crippen LogP contribution in [-0.4, -0.2) is 42.5 Å². The van der Waals surface area contributed by atoms with Crippen molar-refractivity contribution in [2.75, 3.05) is 13.7 Å². The largest absolute Gasteiger partial charge is 0.496 e. The monoisotopic (exact) mass is 302 g/mol. The van der Waals surface area contributed by atoms with Crippen LogP contribution >= 0.6 is 0 Å². The Morgan fingerprint density at radius 3 is 2.73 bits per heavy atom. The molecule has 1 aromatic carbocycles. The molecule has 1 saturated carbocycles. The summed E-state index contributed by atoms with van der Waals surface area (Å²) in [6.07, 6.45) is 3.73. The standard InChI is InChI=1S/C17H22N2O3/c1-11-5-6-12(10-15(11)22-2)17(21)19-9-3-4-14(19)16(20)18-13-7-8-13/h5-6,10,13-14H,3-4,7-9H2,1-2H3,(H,18,20)/t14-/m1/s1. The summed E-state index contributed by atoms with van der Waals surface area (Å²) in [5.41, 5.74) is 1.57. The first-order chi connectivity index (χ1) is 10.6.